The highest BCUT2D eigenvalue weighted by Gasteiger charge is 2.30. The molecule has 0 aliphatic carbocycles. The van der Waals surface area contributed by atoms with Gasteiger partial charge in [0.05, 0.1) is 19.2 Å². The van der Waals surface area contributed by atoms with Crippen LogP contribution in [0.25, 0.3) is 0 Å². The summed E-state index contributed by atoms with van der Waals surface area (Å²) < 4.78 is 5.36. The number of anilines is 1. The van der Waals surface area contributed by atoms with Crippen LogP contribution in [0.4, 0.5) is 5.69 Å². The van der Waals surface area contributed by atoms with Crippen LogP contribution in [0.15, 0.2) is 30.3 Å². The number of amides is 1. The molecule has 3 rings (SSSR count). The molecule has 0 saturated carbocycles. The Kier molecular flexibility index (Phi) is 7.19. The van der Waals surface area contributed by atoms with Crippen molar-refractivity contribution in [1.29, 1.82) is 5.41 Å². The van der Waals surface area contributed by atoms with E-state index < -0.39 is 5.97 Å². The third kappa shape index (κ3) is 5.29. The molecule has 0 atom stereocenters. The summed E-state index contributed by atoms with van der Waals surface area (Å²) in [5.74, 6) is -0.806. The summed E-state index contributed by atoms with van der Waals surface area (Å²) in [6.07, 6.45) is 0. The number of rotatable bonds is 8. The molecule has 0 aromatic heterocycles. The average molecular weight is 481 g/mol. The van der Waals surface area contributed by atoms with Gasteiger partial charge >= 0.3 is 5.97 Å². The summed E-state index contributed by atoms with van der Waals surface area (Å²) in [7, 11) is 4.73. The van der Waals surface area contributed by atoms with Crippen LogP contribution in [0.1, 0.15) is 58.2 Å². The molecule has 1 heterocycles. The number of ether oxygens (including phenoxy) is 1. The minimum Gasteiger partial charge on any atom is -0.496 e. The fourth-order valence-electron chi connectivity index (χ4n) is 4.24. The van der Waals surface area contributed by atoms with Crippen molar-refractivity contribution in [3.05, 3.63) is 58.1 Å². The number of Topliss-reactive ketones (excluding diaryl/α,β-unsaturated/α-hetero) is 1. The smallest absolute Gasteiger partial charge is 0.323 e. The van der Waals surface area contributed by atoms with Gasteiger partial charge in [-0.3, -0.25) is 19.8 Å². The molecule has 0 fully saturated rings. The van der Waals surface area contributed by atoms with Crippen molar-refractivity contribution in [3.63, 3.8) is 0 Å². The lowest BCUT2D eigenvalue weighted by molar-refractivity contribution is -0.135. The summed E-state index contributed by atoms with van der Waals surface area (Å²) in [5.41, 5.74) is 3.55. The van der Waals surface area contributed by atoms with Gasteiger partial charge in [-0.2, -0.15) is 0 Å². The fraction of sp³-hybridized carbons (Fsp3) is 0.385. The van der Waals surface area contributed by atoms with Crippen LogP contribution in [0.3, 0.4) is 0 Å². The molecule has 0 radical (unpaired) electrons. The molecule has 35 heavy (non-hydrogen) atoms. The average Bonchev–Trinajstić information content (AvgIpc) is 3.10. The third-order valence-corrected chi connectivity index (χ3v) is 6.07. The normalized spacial score (nSPS) is 12.9. The molecule has 1 aliphatic heterocycles. The maximum absolute atomic E-state index is 13.2. The Morgan fingerprint density at radius 1 is 1.20 bits per heavy atom. The van der Waals surface area contributed by atoms with Gasteiger partial charge in [0.2, 0.25) is 0 Å². The van der Waals surface area contributed by atoms with Crippen molar-refractivity contribution in [3.8, 4) is 5.75 Å². The van der Waals surface area contributed by atoms with Crippen molar-refractivity contribution in [2.45, 2.75) is 32.7 Å². The Morgan fingerprint density at radius 2 is 1.89 bits per heavy atom. The number of methoxy groups -OCH3 is 1. The molecule has 9 heteroatoms. The van der Waals surface area contributed by atoms with E-state index in [1.165, 1.54) is 14.2 Å². The summed E-state index contributed by atoms with van der Waals surface area (Å²) in [5, 5.41) is 20.4. The van der Waals surface area contributed by atoms with Crippen LogP contribution in [-0.4, -0.2) is 67.8 Å². The maximum Gasteiger partial charge on any atom is 0.323 e. The first kappa shape index (κ1) is 25.7. The highest BCUT2D eigenvalue weighted by molar-refractivity contribution is 6.07. The molecular weight excluding hydrogens is 448 g/mol. The lowest BCUT2D eigenvalue weighted by Gasteiger charge is -2.28. The van der Waals surface area contributed by atoms with Crippen molar-refractivity contribution >= 4 is 29.2 Å². The standard InChI is InChI=1S/C26H32N4O5/c1-26(2,3)19-9-15(7-8-20(19)29(5)14-23(32)33)21(31)13-30-12-16-10-22(35-6)18(25(34)28-4)11-17(16)24(30)27/h7-11,27H,12-14H2,1-6H3,(H,28,34)(H,32,33). The number of aliphatic carboxylic acids is 1. The molecule has 0 unspecified atom stereocenters. The molecular formula is C26H32N4O5. The van der Waals surface area contributed by atoms with Crippen molar-refractivity contribution in [1.82, 2.24) is 10.2 Å². The number of likely N-dealkylation sites (N-methyl/N-ethyl adjacent to an activating group) is 1. The van der Waals surface area contributed by atoms with Crippen molar-refractivity contribution < 1.29 is 24.2 Å². The number of carbonyl (C=O) groups is 3. The van der Waals surface area contributed by atoms with E-state index in [0.29, 0.717) is 29.0 Å². The number of benzene rings is 2. The topological polar surface area (TPSA) is 123 Å². The molecule has 0 bridgehead atoms. The van der Waals surface area contributed by atoms with Crippen molar-refractivity contribution in [2.24, 2.45) is 0 Å². The van der Waals surface area contributed by atoms with Gasteiger partial charge < -0.3 is 25.0 Å². The van der Waals surface area contributed by atoms with E-state index in [4.69, 9.17) is 10.1 Å². The lowest BCUT2D eigenvalue weighted by atomic mass is 9.84. The first-order chi connectivity index (χ1) is 16.4. The van der Waals surface area contributed by atoms with E-state index in [2.05, 4.69) is 5.32 Å². The highest BCUT2D eigenvalue weighted by atomic mass is 16.5. The van der Waals surface area contributed by atoms with Gasteiger partial charge in [-0.15, -0.1) is 0 Å². The van der Waals surface area contributed by atoms with Gasteiger partial charge in [0, 0.05) is 37.5 Å². The maximum atomic E-state index is 13.2. The minimum atomic E-state index is -0.934. The number of nitrogens with zero attached hydrogens (tertiary/aromatic N) is 2. The van der Waals surface area contributed by atoms with E-state index in [1.807, 2.05) is 26.8 Å². The molecule has 9 nitrogen and oxygen atoms in total. The zero-order valence-electron chi connectivity index (χ0n) is 21.0. The van der Waals surface area contributed by atoms with E-state index in [0.717, 1.165) is 16.8 Å². The van der Waals surface area contributed by atoms with E-state index in [1.54, 1.807) is 41.1 Å². The van der Waals surface area contributed by atoms with Gasteiger partial charge in [0.25, 0.3) is 5.91 Å². The van der Waals surface area contributed by atoms with Crippen LogP contribution >= 0.6 is 0 Å². The first-order valence-corrected chi connectivity index (χ1v) is 11.2. The Bertz CT molecular complexity index is 1200. The zero-order chi connectivity index (χ0) is 26.1. The lowest BCUT2D eigenvalue weighted by Crippen LogP contribution is -2.31. The molecule has 0 saturated heterocycles. The number of ketones is 1. The monoisotopic (exact) mass is 480 g/mol. The Hall–Kier alpha value is -3.88. The fourth-order valence-corrected chi connectivity index (χ4v) is 4.24. The number of hydrogen-bond donors (Lipinski definition) is 3. The summed E-state index contributed by atoms with van der Waals surface area (Å²) in [6, 6.07) is 8.66. The molecule has 2 aromatic carbocycles. The summed E-state index contributed by atoms with van der Waals surface area (Å²) >= 11 is 0. The Balaban J connectivity index is 1.87. The van der Waals surface area contributed by atoms with Crippen LogP contribution < -0.4 is 15.0 Å². The Morgan fingerprint density at radius 3 is 2.46 bits per heavy atom. The van der Waals surface area contributed by atoms with Crippen LogP contribution in [-0.2, 0) is 16.8 Å². The molecule has 186 valence electrons. The SMILES string of the molecule is CNC(=O)c1cc2c(cc1OC)CN(CC(=O)c1ccc(N(C)CC(=O)O)c(C(C)(C)C)c1)C2=N. The van der Waals surface area contributed by atoms with Crippen molar-refractivity contribution in [2.75, 3.05) is 39.2 Å². The first-order valence-electron chi connectivity index (χ1n) is 11.2. The molecule has 0 spiro atoms. The largest absolute Gasteiger partial charge is 0.496 e. The molecule has 1 amide bonds. The highest BCUT2D eigenvalue weighted by Crippen LogP contribution is 2.34. The molecule has 2 aromatic rings. The zero-order valence-corrected chi connectivity index (χ0v) is 21.0. The third-order valence-electron chi connectivity index (χ3n) is 6.07. The minimum absolute atomic E-state index is 0.000961. The second-order valence-corrected chi connectivity index (χ2v) is 9.65. The number of fused-ring (bicyclic) bond motifs is 1. The number of carboxylic acid groups (broad SMARTS) is 1. The van der Waals surface area contributed by atoms with E-state index in [9.17, 15) is 19.5 Å². The number of carbonyl (C=O) groups excluding carboxylic acids is 2. The second kappa shape index (κ2) is 9.77. The predicted octanol–water partition coefficient (Wildman–Crippen LogP) is 2.90. The van der Waals surface area contributed by atoms with Gasteiger partial charge in [-0.1, -0.05) is 20.8 Å². The number of carboxylic acids is 1. The summed E-state index contributed by atoms with van der Waals surface area (Å²) in [4.78, 5) is 40.0. The second-order valence-electron chi connectivity index (χ2n) is 9.65. The number of hydrogen-bond acceptors (Lipinski definition) is 6. The molecule has 1 aliphatic rings. The van der Waals surface area contributed by atoms with E-state index in [-0.39, 0.29) is 36.0 Å². The Labute approximate surface area is 205 Å². The molecule has 3 N–H and O–H groups in total. The number of amidine groups is 1. The quantitative estimate of drug-likeness (QED) is 0.497. The van der Waals surface area contributed by atoms with Crippen LogP contribution in [0.5, 0.6) is 5.75 Å². The van der Waals surface area contributed by atoms with Crippen LogP contribution in [0, 0.1) is 5.41 Å². The van der Waals surface area contributed by atoms with Gasteiger partial charge in [0.15, 0.2) is 5.78 Å². The van der Waals surface area contributed by atoms with Gasteiger partial charge in [-0.05, 0) is 46.9 Å². The summed E-state index contributed by atoms with van der Waals surface area (Å²) in [6.45, 7) is 6.24. The van der Waals surface area contributed by atoms with Gasteiger partial charge in [0.1, 0.15) is 18.1 Å². The predicted molar refractivity (Wildman–Crippen MR) is 134 cm³/mol. The van der Waals surface area contributed by atoms with E-state index >= 15 is 0 Å². The van der Waals surface area contributed by atoms with Gasteiger partial charge in [-0.25, -0.2) is 0 Å². The van der Waals surface area contributed by atoms with Crippen LogP contribution in [0.2, 0.25) is 0 Å². The number of nitrogens with one attached hydrogen (secondary N) is 2.